The summed E-state index contributed by atoms with van der Waals surface area (Å²) in [5, 5.41) is 13.0. The Labute approximate surface area is 137 Å². The number of aromatic hydroxyl groups is 1. The van der Waals surface area contributed by atoms with E-state index in [9.17, 15) is 9.90 Å². The molecule has 2 N–H and O–H groups in total. The molecule has 0 spiro atoms. The summed E-state index contributed by atoms with van der Waals surface area (Å²) in [6.45, 7) is 0. The van der Waals surface area contributed by atoms with E-state index >= 15 is 0 Å². The number of hydrogen-bond acceptors (Lipinski definition) is 5. The van der Waals surface area contributed by atoms with Gasteiger partial charge in [0.2, 0.25) is 0 Å². The molecule has 1 fully saturated rings. The molecular formula is C17H14N2O3S. The number of amidine groups is 1. The van der Waals surface area contributed by atoms with E-state index in [4.69, 9.17) is 4.74 Å². The zero-order valence-corrected chi connectivity index (χ0v) is 13.1. The van der Waals surface area contributed by atoms with Crippen molar-refractivity contribution in [3.05, 3.63) is 59.0 Å². The molecule has 2 aromatic rings. The van der Waals surface area contributed by atoms with E-state index < -0.39 is 0 Å². The first-order chi connectivity index (χ1) is 11.2. The van der Waals surface area contributed by atoms with Gasteiger partial charge in [-0.05, 0) is 48.2 Å². The van der Waals surface area contributed by atoms with Crippen LogP contribution in [0.5, 0.6) is 11.5 Å². The van der Waals surface area contributed by atoms with Gasteiger partial charge < -0.3 is 15.2 Å². The average Bonchev–Trinajstić information content (AvgIpc) is 2.90. The van der Waals surface area contributed by atoms with Crippen molar-refractivity contribution < 1.29 is 14.6 Å². The Morgan fingerprint density at radius 3 is 2.61 bits per heavy atom. The van der Waals surface area contributed by atoms with Gasteiger partial charge in [-0.25, -0.2) is 4.99 Å². The smallest absolute Gasteiger partial charge is 0.264 e. The van der Waals surface area contributed by atoms with Crippen LogP contribution in [-0.4, -0.2) is 23.3 Å². The molecule has 0 radical (unpaired) electrons. The maximum Gasteiger partial charge on any atom is 0.264 e. The van der Waals surface area contributed by atoms with E-state index in [1.807, 2.05) is 12.1 Å². The molecule has 1 heterocycles. The number of phenols is 1. The van der Waals surface area contributed by atoms with Crippen molar-refractivity contribution >= 4 is 34.6 Å². The number of nitrogens with one attached hydrogen (secondary N) is 1. The van der Waals surface area contributed by atoms with Gasteiger partial charge in [-0.1, -0.05) is 18.2 Å². The first-order valence-corrected chi connectivity index (χ1v) is 7.69. The number of carbonyl (C=O) groups excluding carboxylic acids is 1. The molecule has 0 aliphatic carbocycles. The lowest BCUT2D eigenvalue weighted by atomic mass is 10.2. The highest BCUT2D eigenvalue weighted by Gasteiger charge is 2.24. The molecule has 0 saturated carbocycles. The summed E-state index contributed by atoms with van der Waals surface area (Å²) in [5.41, 5.74) is 1.31. The van der Waals surface area contributed by atoms with Crippen molar-refractivity contribution in [3.63, 3.8) is 0 Å². The number of ether oxygens (including phenoxy) is 1. The predicted octanol–water partition coefficient (Wildman–Crippen LogP) is 3.29. The lowest BCUT2D eigenvalue weighted by molar-refractivity contribution is -0.115. The zero-order chi connectivity index (χ0) is 16.2. The van der Waals surface area contributed by atoms with Crippen LogP contribution in [0, 0.1) is 0 Å². The molecule has 1 saturated heterocycles. The summed E-state index contributed by atoms with van der Waals surface area (Å²) in [6.07, 6.45) is 1.64. The molecule has 1 aliphatic rings. The second-order valence-corrected chi connectivity index (χ2v) is 5.77. The van der Waals surface area contributed by atoms with E-state index in [0.717, 1.165) is 11.4 Å². The summed E-state index contributed by atoms with van der Waals surface area (Å²) in [7, 11) is 1.60. The van der Waals surface area contributed by atoms with Gasteiger partial charge in [-0.3, -0.25) is 4.79 Å². The van der Waals surface area contributed by atoms with Crippen LogP contribution in [0.3, 0.4) is 0 Å². The van der Waals surface area contributed by atoms with E-state index in [-0.39, 0.29) is 11.7 Å². The minimum Gasteiger partial charge on any atom is -0.507 e. The third-order valence-electron chi connectivity index (χ3n) is 3.18. The molecule has 2 aromatic carbocycles. The minimum absolute atomic E-state index is 0.133. The molecule has 6 heteroatoms. The SMILES string of the molecule is COc1ccc(N=C2NC(=O)/C(=C\c3ccccc3O)S2)cc1. The molecule has 5 nitrogen and oxygen atoms in total. The van der Waals surface area contributed by atoms with E-state index in [1.54, 1.807) is 49.6 Å². The molecule has 1 amide bonds. The first kappa shape index (κ1) is 15.2. The van der Waals surface area contributed by atoms with Crippen molar-refractivity contribution in [2.45, 2.75) is 0 Å². The highest BCUT2D eigenvalue weighted by atomic mass is 32.2. The van der Waals surface area contributed by atoms with Crippen LogP contribution >= 0.6 is 11.8 Å². The summed E-state index contributed by atoms with van der Waals surface area (Å²) < 4.78 is 5.09. The third-order valence-corrected chi connectivity index (χ3v) is 4.09. The molecule has 116 valence electrons. The Morgan fingerprint density at radius 2 is 1.91 bits per heavy atom. The number of hydrogen-bond donors (Lipinski definition) is 2. The largest absolute Gasteiger partial charge is 0.507 e. The summed E-state index contributed by atoms with van der Waals surface area (Å²) in [5.74, 6) is 0.650. The van der Waals surface area contributed by atoms with E-state index in [0.29, 0.717) is 15.6 Å². The molecule has 0 unspecified atom stereocenters. The Bertz CT molecular complexity index is 798. The Hall–Kier alpha value is -2.73. The number of rotatable bonds is 3. The van der Waals surface area contributed by atoms with Crippen LogP contribution in [0.15, 0.2) is 58.4 Å². The number of nitrogens with zero attached hydrogens (tertiary/aromatic N) is 1. The van der Waals surface area contributed by atoms with Gasteiger partial charge in [-0.2, -0.15) is 0 Å². The van der Waals surface area contributed by atoms with Crippen LogP contribution in [0.1, 0.15) is 5.56 Å². The third kappa shape index (κ3) is 3.54. The number of thioether (sulfide) groups is 1. The average molecular weight is 326 g/mol. The predicted molar refractivity (Wildman–Crippen MR) is 91.9 cm³/mol. The van der Waals surface area contributed by atoms with E-state index in [1.165, 1.54) is 11.8 Å². The van der Waals surface area contributed by atoms with Gasteiger partial charge in [0.1, 0.15) is 11.5 Å². The highest BCUT2D eigenvalue weighted by molar-refractivity contribution is 8.18. The van der Waals surface area contributed by atoms with Gasteiger partial charge in [0.15, 0.2) is 5.17 Å². The van der Waals surface area contributed by atoms with Crippen LogP contribution in [0.25, 0.3) is 6.08 Å². The van der Waals surface area contributed by atoms with Gasteiger partial charge >= 0.3 is 0 Å². The second-order valence-electron chi connectivity index (χ2n) is 4.74. The van der Waals surface area contributed by atoms with Crippen molar-refractivity contribution in [2.24, 2.45) is 4.99 Å². The lowest BCUT2D eigenvalue weighted by Crippen LogP contribution is -2.19. The van der Waals surface area contributed by atoms with Gasteiger partial charge in [0.05, 0.1) is 17.7 Å². The topological polar surface area (TPSA) is 70.9 Å². The second kappa shape index (κ2) is 6.58. The van der Waals surface area contributed by atoms with Crippen LogP contribution in [0.2, 0.25) is 0 Å². The summed E-state index contributed by atoms with van der Waals surface area (Å²) in [4.78, 5) is 16.9. The molecule has 23 heavy (non-hydrogen) atoms. The van der Waals surface area contributed by atoms with Crippen LogP contribution in [-0.2, 0) is 4.79 Å². The van der Waals surface area contributed by atoms with Crippen molar-refractivity contribution in [1.82, 2.24) is 5.32 Å². The maximum absolute atomic E-state index is 12.0. The molecule has 0 bridgehead atoms. The Kier molecular flexibility index (Phi) is 4.34. The Morgan fingerprint density at radius 1 is 1.17 bits per heavy atom. The number of benzene rings is 2. The fraction of sp³-hybridized carbons (Fsp3) is 0.0588. The van der Waals surface area contributed by atoms with E-state index in [2.05, 4.69) is 10.3 Å². The molecule has 1 aliphatic heterocycles. The number of carbonyl (C=O) groups is 1. The van der Waals surface area contributed by atoms with Crippen molar-refractivity contribution in [1.29, 1.82) is 0 Å². The molecule has 3 rings (SSSR count). The lowest BCUT2D eigenvalue weighted by Gasteiger charge is -2.00. The number of aliphatic imine (C=N–C) groups is 1. The summed E-state index contributed by atoms with van der Waals surface area (Å²) in [6, 6.07) is 14.1. The fourth-order valence-corrected chi connectivity index (χ4v) is 2.84. The molecular weight excluding hydrogens is 312 g/mol. The normalized spacial score (nSPS) is 17.5. The Balaban J connectivity index is 1.81. The zero-order valence-electron chi connectivity index (χ0n) is 12.3. The summed E-state index contributed by atoms with van der Waals surface area (Å²) >= 11 is 1.24. The number of methoxy groups -OCH3 is 1. The number of para-hydroxylation sites is 1. The monoisotopic (exact) mass is 326 g/mol. The first-order valence-electron chi connectivity index (χ1n) is 6.87. The minimum atomic E-state index is -0.231. The standard InChI is InChI=1S/C17H14N2O3S/c1-22-13-8-6-12(7-9-13)18-17-19-16(21)15(23-17)10-11-4-2-3-5-14(11)20/h2-10,20H,1H3,(H,18,19,21)/b15-10+. The van der Waals surface area contributed by atoms with Gasteiger partial charge in [0.25, 0.3) is 5.91 Å². The van der Waals surface area contributed by atoms with Gasteiger partial charge in [-0.15, -0.1) is 0 Å². The molecule has 0 atom stereocenters. The number of phenolic OH excluding ortho intramolecular Hbond substituents is 1. The molecule has 0 aromatic heterocycles. The van der Waals surface area contributed by atoms with Crippen LogP contribution < -0.4 is 10.1 Å². The van der Waals surface area contributed by atoms with Crippen molar-refractivity contribution in [2.75, 3.05) is 7.11 Å². The van der Waals surface area contributed by atoms with Gasteiger partial charge in [0, 0.05) is 5.56 Å². The number of amides is 1. The van der Waals surface area contributed by atoms with Crippen molar-refractivity contribution in [3.8, 4) is 11.5 Å². The maximum atomic E-state index is 12.0. The highest BCUT2D eigenvalue weighted by Crippen LogP contribution is 2.30. The fourth-order valence-electron chi connectivity index (χ4n) is 2.01. The quantitative estimate of drug-likeness (QED) is 0.849. The van der Waals surface area contributed by atoms with Crippen LogP contribution in [0.4, 0.5) is 5.69 Å².